The second-order valence-corrected chi connectivity index (χ2v) is 4.45. The Hall–Kier alpha value is -3.82. The van der Waals surface area contributed by atoms with Crippen molar-refractivity contribution in [1.82, 2.24) is 5.43 Å². The quantitative estimate of drug-likeness (QED) is 0.496. The van der Waals surface area contributed by atoms with Gasteiger partial charge in [0, 0.05) is 18.2 Å². The van der Waals surface area contributed by atoms with Gasteiger partial charge in [0.1, 0.15) is 5.56 Å². The van der Waals surface area contributed by atoms with Crippen LogP contribution in [-0.2, 0) is 0 Å². The highest BCUT2D eigenvalue weighted by Gasteiger charge is 2.18. The van der Waals surface area contributed by atoms with Crippen molar-refractivity contribution >= 4 is 23.5 Å². The number of para-hydroxylation sites is 1. The van der Waals surface area contributed by atoms with Crippen LogP contribution < -0.4 is 10.5 Å². The summed E-state index contributed by atoms with van der Waals surface area (Å²) >= 11 is 0. The molecule has 0 aliphatic rings. The molecule has 2 aromatic rings. The van der Waals surface area contributed by atoms with Gasteiger partial charge in [-0.15, -0.1) is 0 Å². The van der Waals surface area contributed by atoms with E-state index < -0.39 is 27.2 Å². The predicted octanol–water partition coefficient (Wildman–Crippen LogP) is 1.34. The first-order valence-corrected chi connectivity index (χ1v) is 6.42. The number of benzene rings is 2. The summed E-state index contributed by atoms with van der Waals surface area (Å²) in [6.45, 7) is 0. The Labute approximate surface area is 134 Å². The summed E-state index contributed by atoms with van der Waals surface area (Å²) in [5, 5.41) is 36.6. The van der Waals surface area contributed by atoms with E-state index in [9.17, 15) is 30.1 Å². The van der Waals surface area contributed by atoms with E-state index in [1.54, 1.807) is 0 Å². The van der Waals surface area contributed by atoms with Gasteiger partial charge in [-0.1, -0.05) is 23.9 Å². The Morgan fingerprint density at radius 2 is 1.79 bits per heavy atom. The highest BCUT2D eigenvalue weighted by molar-refractivity contribution is 5.98. The van der Waals surface area contributed by atoms with Gasteiger partial charge in [0.25, 0.3) is 17.3 Å². The van der Waals surface area contributed by atoms with Gasteiger partial charge in [-0.2, -0.15) is 5.10 Å². The molecule has 0 unspecified atom stereocenters. The Balaban J connectivity index is 2.18. The first kappa shape index (κ1) is 16.5. The number of hydrazone groups is 1. The highest BCUT2D eigenvalue weighted by Crippen LogP contribution is 2.19. The van der Waals surface area contributed by atoms with Crippen LogP contribution in [0, 0.1) is 20.2 Å². The molecule has 0 radical (unpaired) electrons. The fourth-order valence-corrected chi connectivity index (χ4v) is 1.80. The van der Waals surface area contributed by atoms with Crippen molar-refractivity contribution in [3.05, 3.63) is 73.8 Å². The summed E-state index contributed by atoms with van der Waals surface area (Å²) in [5.41, 5.74) is 1.02. The molecule has 0 saturated heterocycles. The molecule has 0 aromatic heterocycles. The molecule has 10 nitrogen and oxygen atoms in total. The smallest absolute Gasteiger partial charge is 0.282 e. The summed E-state index contributed by atoms with van der Waals surface area (Å²) in [7, 11) is 0. The fourth-order valence-electron chi connectivity index (χ4n) is 1.80. The number of hydrogen-bond acceptors (Lipinski definition) is 7. The zero-order chi connectivity index (χ0) is 17.7. The van der Waals surface area contributed by atoms with Crippen LogP contribution in [0.15, 0.2) is 47.6 Å². The topological polar surface area (TPSA) is 151 Å². The lowest BCUT2D eigenvalue weighted by molar-refractivity contribution is -0.385. The van der Waals surface area contributed by atoms with Gasteiger partial charge >= 0.3 is 0 Å². The molecule has 24 heavy (non-hydrogen) atoms. The lowest BCUT2D eigenvalue weighted by atomic mass is 10.2. The average Bonchev–Trinajstić information content (AvgIpc) is 2.56. The van der Waals surface area contributed by atoms with E-state index in [1.165, 1.54) is 18.2 Å². The van der Waals surface area contributed by atoms with Crippen LogP contribution in [0.1, 0.15) is 15.9 Å². The minimum Gasteiger partial charge on any atom is -0.872 e. The second-order valence-electron chi connectivity index (χ2n) is 4.45. The number of rotatable bonds is 5. The van der Waals surface area contributed by atoms with Gasteiger partial charge in [0.2, 0.25) is 0 Å². The molecule has 2 aromatic carbocycles. The molecule has 1 N–H and O–H groups in total. The van der Waals surface area contributed by atoms with E-state index in [4.69, 9.17) is 0 Å². The molecule has 0 fully saturated rings. The van der Waals surface area contributed by atoms with E-state index in [0.29, 0.717) is 0 Å². The molecule has 0 saturated carbocycles. The van der Waals surface area contributed by atoms with Crippen LogP contribution in [0.25, 0.3) is 0 Å². The van der Waals surface area contributed by atoms with E-state index in [0.717, 1.165) is 30.5 Å². The van der Waals surface area contributed by atoms with Crippen LogP contribution in [0.3, 0.4) is 0 Å². The number of nitro groups is 2. The molecule has 0 heterocycles. The van der Waals surface area contributed by atoms with Crippen LogP contribution in [0.5, 0.6) is 5.75 Å². The van der Waals surface area contributed by atoms with Crippen LogP contribution >= 0.6 is 0 Å². The number of nitrogens with one attached hydrogen (secondary N) is 1. The third kappa shape index (κ3) is 3.68. The van der Waals surface area contributed by atoms with Crippen molar-refractivity contribution in [2.45, 2.75) is 0 Å². The molecule has 0 aliphatic carbocycles. The SMILES string of the molecule is O=C(N/N=C\c1cc([N+](=O)[O-])ccc1[O-])c1ccccc1[N+](=O)[O-]. The fraction of sp³-hybridized carbons (Fsp3) is 0. The molecule has 1 amide bonds. The summed E-state index contributed by atoms with van der Waals surface area (Å²) in [4.78, 5) is 32.0. The Bertz CT molecular complexity index is 849. The van der Waals surface area contributed by atoms with Crippen LogP contribution in [-0.4, -0.2) is 22.0 Å². The molecule has 10 heteroatoms. The van der Waals surface area contributed by atoms with Crippen molar-refractivity contribution in [2.24, 2.45) is 5.10 Å². The summed E-state index contributed by atoms with van der Waals surface area (Å²) < 4.78 is 0. The predicted molar refractivity (Wildman–Crippen MR) is 80.7 cm³/mol. The number of nitrogens with zero attached hydrogens (tertiary/aromatic N) is 3. The first-order valence-electron chi connectivity index (χ1n) is 6.42. The number of carbonyl (C=O) groups is 1. The molecule has 0 bridgehead atoms. The Kier molecular flexibility index (Phi) is 4.80. The third-order valence-corrected chi connectivity index (χ3v) is 2.92. The zero-order valence-electron chi connectivity index (χ0n) is 11.9. The van der Waals surface area contributed by atoms with E-state index in [1.807, 2.05) is 5.43 Å². The van der Waals surface area contributed by atoms with Crippen molar-refractivity contribution < 1.29 is 19.7 Å². The molecule has 0 atom stereocenters. The molecule has 0 aliphatic heterocycles. The van der Waals surface area contributed by atoms with E-state index in [2.05, 4.69) is 5.10 Å². The minimum atomic E-state index is -0.851. The summed E-state index contributed by atoms with van der Waals surface area (Å²) in [6.07, 6.45) is 0.933. The van der Waals surface area contributed by atoms with Crippen LogP contribution in [0.2, 0.25) is 0 Å². The largest absolute Gasteiger partial charge is 0.872 e. The lowest BCUT2D eigenvalue weighted by Gasteiger charge is -2.08. The average molecular weight is 329 g/mol. The van der Waals surface area contributed by atoms with Crippen LogP contribution in [0.4, 0.5) is 11.4 Å². The monoisotopic (exact) mass is 329 g/mol. The molecular weight excluding hydrogens is 320 g/mol. The normalized spacial score (nSPS) is 10.5. The maximum absolute atomic E-state index is 11.9. The molecular formula is C14H9N4O6-. The molecule has 122 valence electrons. The van der Waals surface area contributed by atoms with Gasteiger partial charge < -0.3 is 5.11 Å². The Morgan fingerprint density at radius 3 is 2.46 bits per heavy atom. The van der Waals surface area contributed by atoms with E-state index in [-0.39, 0.29) is 16.8 Å². The minimum absolute atomic E-state index is 0.105. The van der Waals surface area contributed by atoms with Gasteiger partial charge in [-0.05, 0) is 11.6 Å². The number of non-ortho nitro benzene ring substituents is 1. The third-order valence-electron chi connectivity index (χ3n) is 2.92. The zero-order valence-corrected chi connectivity index (χ0v) is 11.9. The van der Waals surface area contributed by atoms with Gasteiger partial charge in [0.05, 0.1) is 16.1 Å². The maximum atomic E-state index is 11.9. The van der Waals surface area contributed by atoms with Gasteiger partial charge in [0.15, 0.2) is 0 Å². The number of carbonyl (C=O) groups excluding carboxylic acids is 1. The lowest BCUT2D eigenvalue weighted by Crippen LogP contribution is -2.19. The van der Waals surface area contributed by atoms with Crippen molar-refractivity contribution in [1.29, 1.82) is 0 Å². The Morgan fingerprint density at radius 1 is 1.08 bits per heavy atom. The molecule has 0 spiro atoms. The van der Waals surface area contributed by atoms with Gasteiger partial charge in [-0.25, -0.2) is 5.43 Å². The van der Waals surface area contributed by atoms with Crippen molar-refractivity contribution in [3.8, 4) is 5.75 Å². The number of amides is 1. The van der Waals surface area contributed by atoms with Gasteiger partial charge in [-0.3, -0.25) is 25.0 Å². The van der Waals surface area contributed by atoms with Crippen molar-refractivity contribution in [3.63, 3.8) is 0 Å². The molecule has 2 rings (SSSR count). The standard InChI is InChI=1S/C14H10N4O6/c19-13-6-5-10(17(21)22)7-9(13)8-15-16-14(20)11-3-1-2-4-12(11)18(23)24/h1-8,19H,(H,16,20)/p-1/b15-8-. The van der Waals surface area contributed by atoms with Crippen molar-refractivity contribution in [2.75, 3.05) is 0 Å². The summed E-state index contributed by atoms with van der Waals surface area (Å²) in [6, 6.07) is 8.31. The first-order chi connectivity index (χ1) is 11.4. The van der Waals surface area contributed by atoms with E-state index >= 15 is 0 Å². The second kappa shape index (κ2) is 6.96. The maximum Gasteiger partial charge on any atom is 0.282 e. The highest BCUT2D eigenvalue weighted by atomic mass is 16.6. The summed E-state index contributed by atoms with van der Waals surface area (Å²) in [5.74, 6) is -1.37. The number of nitro benzene ring substituents is 2. The number of hydrogen-bond donors (Lipinski definition) is 1.